The number of hydrogen-bond acceptors (Lipinski definition) is 6. The normalized spacial score (nSPS) is 12.1. The first kappa shape index (κ1) is 27.4. The van der Waals surface area contributed by atoms with Crippen molar-refractivity contribution in [2.45, 2.75) is 58.4 Å². The lowest BCUT2D eigenvalue weighted by atomic mass is 10.1. The first-order valence-electron chi connectivity index (χ1n) is 11.6. The van der Waals surface area contributed by atoms with E-state index in [0.29, 0.717) is 6.42 Å². The number of amides is 3. The van der Waals surface area contributed by atoms with E-state index in [9.17, 15) is 19.2 Å². The summed E-state index contributed by atoms with van der Waals surface area (Å²) in [7, 11) is 0. The van der Waals surface area contributed by atoms with Crippen molar-refractivity contribution in [1.29, 1.82) is 0 Å². The number of nitrogens with one attached hydrogen (secondary N) is 3. The second kappa shape index (κ2) is 15.1. The summed E-state index contributed by atoms with van der Waals surface area (Å²) >= 11 is 0. The molecule has 0 aliphatic carbocycles. The molecule has 0 fully saturated rings. The fraction of sp³-hybridized carbons (Fsp3) is 0.385. The van der Waals surface area contributed by atoms with Crippen molar-refractivity contribution in [2.24, 2.45) is 0 Å². The molecule has 0 bridgehead atoms. The summed E-state index contributed by atoms with van der Waals surface area (Å²) in [5.74, 6) is -1.36. The van der Waals surface area contributed by atoms with E-state index in [0.717, 1.165) is 11.1 Å². The Hall–Kier alpha value is -3.88. The summed E-state index contributed by atoms with van der Waals surface area (Å²) in [6, 6.07) is 16.7. The highest BCUT2D eigenvalue weighted by atomic mass is 16.5. The number of carbonyl (C=O) groups excluding carboxylic acids is 4. The molecule has 3 amide bonds. The molecule has 2 rings (SSSR count). The van der Waals surface area contributed by atoms with Gasteiger partial charge in [0, 0.05) is 13.0 Å². The van der Waals surface area contributed by atoms with E-state index in [1.54, 1.807) is 13.8 Å². The number of rotatable bonds is 13. The van der Waals surface area contributed by atoms with Crippen LogP contribution in [-0.4, -0.2) is 42.5 Å². The Morgan fingerprint density at radius 2 is 1.40 bits per heavy atom. The van der Waals surface area contributed by atoms with Gasteiger partial charge in [0.2, 0.25) is 11.8 Å². The van der Waals surface area contributed by atoms with Gasteiger partial charge >= 0.3 is 12.1 Å². The smallest absolute Gasteiger partial charge is 0.407 e. The molecule has 0 saturated heterocycles. The van der Waals surface area contributed by atoms with Crippen LogP contribution in [0, 0.1) is 0 Å². The lowest BCUT2D eigenvalue weighted by Gasteiger charge is -2.21. The van der Waals surface area contributed by atoms with Crippen LogP contribution in [0.25, 0.3) is 0 Å². The molecule has 0 heterocycles. The van der Waals surface area contributed by atoms with Gasteiger partial charge in [0.15, 0.2) is 0 Å². The Balaban J connectivity index is 1.84. The molecular formula is C26H33N3O6. The Labute approximate surface area is 205 Å². The van der Waals surface area contributed by atoms with Crippen molar-refractivity contribution >= 4 is 23.9 Å². The number of alkyl carbamates (subject to hydrolysis) is 1. The molecule has 0 aliphatic rings. The zero-order chi connectivity index (χ0) is 25.5. The van der Waals surface area contributed by atoms with Crippen LogP contribution in [0.3, 0.4) is 0 Å². The van der Waals surface area contributed by atoms with E-state index in [-0.39, 0.29) is 38.5 Å². The molecule has 0 unspecified atom stereocenters. The molecule has 3 N–H and O–H groups in total. The second-order valence-corrected chi connectivity index (χ2v) is 7.93. The Morgan fingerprint density at radius 3 is 1.97 bits per heavy atom. The van der Waals surface area contributed by atoms with E-state index in [2.05, 4.69) is 16.0 Å². The fourth-order valence-electron chi connectivity index (χ4n) is 3.05. The minimum atomic E-state index is -0.936. The molecule has 2 aromatic carbocycles. The third-order valence-corrected chi connectivity index (χ3v) is 5.07. The fourth-order valence-corrected chi connectivity index (χ4v) is 3.05. The standard InChI is InChI=1S/C26H33N3O6/c1-3-23(30)28-19(2)24(31)29-22(25(32)34-17-20-11-6-4-7-12-20)15-10-16-27-26(33)35-18-21-13-8-5-9-14-21/h4-9,11-14,19,22H,3,10,15-18H2,1-2H3,(H,27,33)(H,28,30)(H,29,31)/t19-,22+/m0/s1. The third kappa shape index (κ3) is 10.7. The first-order chi connectivity index (χ1) is 16.9. The highest BCUT2D eigenvalue weighted by Gasteiger charge is 2.25. The molecule has 35 heavy (non-hydrogen) atoms. The number of ether oxygens (including phenoxy) is 2. The predicted molar refractivity (Wildman–Crippen MR) is 130 cm³/mol. The Bertz CT molecular complexity index is 952. The van der Waals surface area contributed by atoms with Crippen LogP contribution in [0.15, 0.2) is 60.7 Å². The van der Waals surface area contributed by atoms with Crippen LogP contribution < -0.4 is 16.0 Å². The quantitative estimate of drug-likeness (QED) is 0.297. The van der Waals surface area contributed by atoms with E-state index in [1.165, 1.54) is 0 Å². The summed E-state index contributed by atoms with van der Waals surface area (Å²) in [5, 5.41) is 7.84. The van der Waals surface area contributed by atoms with Crippen molar-refractivity contribution in [3.63, 3.8) is 0 Å². The van der Waals surface area contributed by atoms with Crippen molar-refractivity contribution in [2.75, 3.05) is 6.54 Å². The van der Waals surface area contributed by atoms with Gasteiger partial charge in [-0.05, 0) is 30.9 Å². The highest BCUT2D eigenvalue weighted by Crippen LogP contribution is 2.06. The zero-order valence-electron chi connectivity index (χ0n) is 20.1. The Morgan fingerprint density at radius 1 is 0.829 bits per heavy atom. The summed E-state index contributed by atoms with van der Waals surface area (Å²) in [6.07, 6.45) is 0.289. The summed E-state index contributed by atoms with van der Waals surface area (Å²) in [5.41, 5.74) is 1.69. The first-order valence-corrected chi connectivity index (χ1v) is 11.6. The predicted octanol–water partition coefficient (Wildman–Crippen LogP) is 2.84. The molecule has 0 saturated carbocycles. The van der Waals surface area contributed by atoms with Crippen LogP contribution in [0.2, 0.25) is 0 Å². The van der Waals surface area contributed by atoms with E-state index in [1.807, 2.05) is 60.7 Å². The second-order valence-electron chi connectivity index (χ2n) is 7.93. The number of benzene rings is 2. The molecule has 2 aromatic rings. The maximum atomic E-state index is 12.7. The molecule has 188 valence electrons. The third-order valence-electron chi connectivity index (χ3n) is 5.07. The lowest BCUT2D eigenvalue weighted by molar-refractivity contribution is -0.149. The molecule has 0 spiro atoms. The molecule has 2 atom stereocenters. The molecule has 0 aromatic heterocycles. The van der Waals surface area contributed by atoms with Gasteiger partial charge in [-0.25, -0.2) is 9.59 Å². The number of carbonyl (C=O) groups is 4. The molecule has 9 heteroatoms. The average molecular weight is 484 g/mol. The van der Waals surface area contributed by atoms with E-state index >= 15 is 0 Å². The molecule has 0 radical (unpaired) electrons. The van der Waals surface area contributed by atoms with Crippen LogP contribution in [0.1, 0.15) is 44.2 Å². The minimum absolute atomic E-state index is 0.0677. The van der Waals surface area contributed by atoms with Gasteiger partial charge in [-0.2, -0.15) is 0 Å². The van der Waals surface area contributed by atoms with Crippen LogP contribution >= 0.6 is 0 Å². The highest BCUT2D eigenvalue weighted by molar-refractivity contribution is 5.90. The topological polar surface area (TPSA) is 123 Å². The monoisotopic (exact) mass is 483 g/mol. The van der Waals surface area contributed by atoms with Crippen molar-refractivity contribution in [3.8, 4) is 0 Å². The number of hydrogen-bond donors (Lipinski definition) is 3. The maximum absolute atomic E-state index is 12.7. The SMILES string of the molecule is CCC(=O)N[C@@H](C)C(=O)N[C@H](CCCNC(=O)OCc1ccccc1)C(=O)OCc1ccccc1. The van der Waals surface area contributed by atoms with Gasteiger partial charge in [0.1, 0.15) is 25.3 Å². The van der Waals surface area contributed by atoms with Crippen LogP contribution in [-0.2, 0) is 37.1 Å². The van der Waals surface area contributed by atoms with Gasteiger partial charge in [-0.1, -0.05) is 67.6 Å². The van der Waals surface area contributed by atoms with Gasteiger partial charge in [-0.3, -0.25) is 9.59 Å². The van der Waals surface area contributed by atoms with Crippen LogP contribution in [0.5, 0.6) is 0 Å². The van der Waals surface area contributed by atoms with Crippen molar-refractivity contribution in [1.82, 2.24) is 16.0 Å². The maximum Gasteiger partial charge on any atom is 0.407 e. The summed E-state index contributed by atoms with van der Waals surface area (Å²) in [4.78, 5) is 48.7. The zero-order valence-corrected chi connectivity index (χ0v) is 20.1. The van der Waals surface area contributed by atoms with Gasteiger partial charge in [-0.15, -0.1) is 0 Å². The van der Waals surface area contributed by atoms with E-state index in [4.69, 9.17) is 9.47 Å². The molecule has 0 aliphatic heterocycles. The van der Waals surface area contributed by atoms with Gasteiger partial charge in [0.05, 0.1) is 0 Å². The van der Waals surface area contributed by atoms with Crippen LogP contribution in [0.4, 0.5) is 4.79 Å². The lowest BCUT2D eigenvalue weighted by Crippen LogP contribution is -2.50. The molecular weight excluding hydrogens is 450 g/mol. The minimum Gasteiger partial charge on any atom is -0.459 e. The average Bonchev–Trinajstić information content (AvgIpc) is 2.88. The Kier molecular flexibility index (Phi) is 11.8. The molecule has 9 nitrogen and oxygen atoms in total. The summed E-state index contributed by atoms with van der Waals surface area (Å²) in [6.45, 7) is 3.69. The van der Waals surface area contributed by atoms with Crippen molar-refractivity contribution < 1.29 is 28.7 Å². The van der Waals surface area contributed by atoms with Gasteiger partial charge < -0.3 is 25.4 Å². The number of esters is 1. The summed E-state index contributed by atoms with van der Waals surface area (Å²) < 4.78 is 10.5. The van der Waals surface area contributed by atoms with Gasteiger partial charge in [0.25, 0.3) is 0 Å². The van der Waals surface area contributed by atoms with Crippen molar-refractivity contribution in [3.05, 3.63) is 71.8 Å². The van der Waals surface area contributed by atoms with E-state index < -0.39 is 30.1 Å². The largest absolute Gasteiger partial charge is 0.459 e.